The Morgan fingerprint density at radius 1 is 1.17 bits per heavy atom. The minimum Gasteiger partial charge on any atom is -0.489 e. The van der Waals surface area contributed by atoms with E-state index in [1.165, 1.54) is 0 Å². The minimum atomic E-state index is 0.159. The highest BCUT2D eigenvalue weighted by atomic mass is 16.5. The fraction of sp³-hybridized carbons (Fsp3) is 0.286. The molecule has 1 amide bonds. The van der Waals surface area contributed by atoms with E-state index >= 15 is 0 Å². The van der Waals surface area contributed by atoms with Gasteiger partial charge in [0.2, 0.25) is 5.91 Å². The van der Waals surface area contributed by atoms with Gasteiger partial charge < -0.3 is 9.64 Å². The summed E-state index contributed by atoms with van der Waals surface area (Å²) in [6.07, 6.45) is 3.49. The molecule has 1 atom stereocenters. The Morgan fingerprint density at radius 2 is 1.88 bits per heavy atom. The average molecular weight is 321 g/mol. The van der Waals surface area contributed by atoms with Crippen LogP contribution in [0.2, 0.25) is 0 Å². The van der Waals surface area contributed by atoms with Crippen molar-refractivity contribution in [2.45, 2.75) is 39.3 Å². The second kappa shape index (κ2) is 7.35. The summed E-state index contributed by atoms with van der Waals surface area (Å²) in [7, 11) is 0. The van der Waals surface area contributed by atoms with Crippen LogP contribution in [-0.4, -0.2) is 10.8 Å². The van der Waals surface area contributed by atoms with Crippen molar-refractivity contribution in [3.63, 3.8) is 0 Å². The molecule has 1 heterocycles. The second-order valence-electron chi connectivity index (χ2n) is 5.96. The molecule has 1 aliphatic rings. The number of carbonyl (C=O) groups is 1. The van der Waals surface area contributed by atoms with Gasteiger partial charge in [0.15, 0.2) is 0 Å². The van der Waals surface area contributed by atoms with E-state index in [0.717, 1.165) is 29.0 Å². The quantitative estimate of drug-likeness (QED) is 0.712. The predicted octanol–water partition coefficient (Wildman–Crippen LogP) is 4.85. The molecule has 3 heteroatoms. The lowest BCUT2D eigenvalue weighted by atomic mass is 9.92. The van der Waals surface area contributed by atoms with E-state index < -0.39 is 0 Å². The summed E-state index contributed by atoms with van der Waals surface area (Å²) >= 11 is 0. The second-order valence-corrected chi connectivity index (χ2v) is 5.96. The molecule has 0 saturated carbocycles. The van der Waals surface area contributed by atoms with Crippen molar-refractivity contribution in [2.24, 2.45) is 0 Å². The molecule has 0 N–H and O–H groups in total. The highest BCUT2D eigenvalue weighted by Crippen LogP contribution is 2.38. The molecule has 3 nitrogen and oxygen atoms in total. The maximum atomic E-state index is 12.0. The monoisotopic (exact) mass is 321 g/mol. The van der Waals surface area contributed by atoms with E-state index in [4.69, 9.17) is 4.74 Å². The molecular weight excluding hydrogens is 298 g/mol. The summed E-state index contributed by atoms with van der Waals surface area (Å²) in [5.41, 5.74) is 3.41. The van der Waals surface area contributed by atoms with Crippen molar-refractivity contribution in [3.8, 4) is 5.75 Å². The van der Waals surface area contributed by atoms with Gasteiger partial charge in [0.1, 0.15) is 12.4 Å². The number of β-lactam (4-membered cyclic amide) rings is 1. The number of carbonyl (C=O) groups excluding carboxylic acids is 1. The lowest BCUT2D eigenvalue weighted by Gasteiger charge is -2.42. The molecule has 0 spiro atoms. The van der Waals surface area contributed by atoms with Gasteiger partial charge in [-0.2, -0.15) is 0 Å². The molecular formula is C21H23NO2. The molecule has 0 radical (unpaired) electrons. The summed E-state index contributed by atoms with van der Waals surface area (Å²) in [4.78, 5) is 13.9. The SMILES string of the molecule is C/C=C(\CC)N1C(=O)C[C@H]1c1ccc(OCc2ccccc2)cc1. The van der Waals surface area contributed by atoms with Crippen LogP contribution in [-0.2, 0) is 11.4 Å². The first kappa shape index (κ1) is 16.3. The Morgan fingerprint density at radius 3 is 2.46 bits per heavy atom. The molecule has 1 fully saturated rings. The maximum absolute atomic E-state index is 12.0. The molecule has 1 saturated heterocycles. The zero-order valence-electron chi connectivity index (χ0n) is 14.2. The Balaban J connectivity index is 1.65. The molecule has 124 valence electrons. The third-order valence-electron chi connectivity index (χ3n) is 4.47. The Kier molecular flexibility index (Phi) is 4.99. The molecule has 24 heavy (non-hydrogen) atoms. The third-order valence-corrected chi connectivity index (χ3v) is 4.47. The van der Waals surface area contributed by atoms with Crippen molar-refractivity contribution < 1.29 is 9.53 Å². The fourth-order valence-corrected chi connectivity index (χ4v) is 3.08. The highest BCUT2D eigenvalue weighted by molar-refractivity contribution is 5.85. The normalized spacial score (nSPS) is 17.6. The molecule has 0 bridgehead atoms. The van der Waals surface area contributed by atoms with Gasteiger partial charge in [0, 0.05) is 5.70 Å². The standard InChI is InChI=1S/C21H23NO2/c1-3-18(4-2)22-20(14-21(22)23)17-10-12-19(13-11-17)24-15-16-8-6-5-7-9-16/h3,5-13,20H,4,14-15H2,1-2H3/b18-3+/t20-/m0/s1. The summed E-state index contributed by atoms with van der Waals surface area (Å²) < 4.78 is 5.82. The van der Waals surface area contributed by atoms with E-state index in [1.54, 1.807) is 0 Å². The van der Waals surface area contributed by atoms with Gasteiger partial charge in [-0.3, -0.25) is 4.79 Å². The number of allylic oxidation sites excluding steroid dienone is 2. The molecule has 0 aromatic heterocycles. The summed E-state index contributed by atoms with van der Waals surface area (Å²) in [6, 6.07) is 18.4. The van der Waals surface area contributed by atoms with Crippen LogP contribution in [0.25, 0.3) is 0 Å². The number of hydrogen-bond donors (Lipinski definition) is 0. The number of nitrogens with zero attached hydrogens (tertiary/aromatic N) is 1. The first-order valence-corrected chi connectivity index (χ1v) is 8.47. The van der Waals surface area contributed by atoms with Crippen LogP contribution < -0.4 is 4.74 Å². The van der Waals surface area contributed by atoms with Crippen LogP contribution in [0.3, 0.4) is 0 Å². The Bertz CT molecular complexity index is 719. The van der Waals surface area contributed by atoms with E-state index in [0.29, 0.717) is 13.0 Å². The first-order chi connectivity index (χ1) is 11.7. The van der Waals surface area contributed by atoms with E-state index in [9.17, 15) is 4.79 Å². The molecule has 0 unspecified atom stereocenters. The fourth-order valence-electron chi connectivity index (χ4n) is 3.08. The first-order valence-electron chi connectivity index (χ1n) is 8.47. The number of likely N-dealkylation sites (tertiary alicyclic amines) is 1. The van der Waals surface area contributed by atoms with Gasteiger partial charge in [-0.15, -0.1) is 0 Å². The van der Waals surface area contributed by atoms with Gasteiger partial charge in [0.05, 0.1) is 12.5 Å². The lowest BCUT2D eigenvalue weighted by Crippen LogP contribution is -2.45. The van der Waals surface area contributed by atoms with E-state index in [1.807, 2.05) is 48.2 Å². The molecule has 0 aliphatic carbocycles. The Labute approximate surface area is 143 Å². The number of rotatable bonds is 6. The van der Waals surface area contributed by atoms with E-state index in [-0.39, 0.29) is 11.9 Å². The van der Waals surface area contributed by atoms with Crippen molar-refractivity contribution in [2.75, 3.05) is 0 Å². The highest BCUT2D eigenvalue weighted by Gasteiger charge is 2.38. The van der Waals surface area contributed by atoms with Gasteiger partial charge in [-0.25, -0.2) is 0 Å². The van der Waals surface area contributed by atoms with Crippen molar-refractivity contribution in [1.29, 1.82) is 0 Å². The average Bonchev–Trinajstić information content (AvgIpc) is 2.63. The largest absolute Gasteiger partial charge is 0.489 e. The molecule has 2 aromatic rings. The zero-order chi connectivity index (χ0) is 16.9. The summed E-state index contributed by atoms with van der Waals surface area (Å²) in [6.45, 7) is 4.63. The van der Waals surface area contributed by atoms with Crippen LogP contribution in [0.15, 0.2) is 66.4 Å². The summed E-state index contributed by atoms with van der Waals surface area (Å²) in [5, 5.41) is 0. The molecule has 3 rings (SSSR count). The van der Waals surface area contributed by atoms with Crippen LogP contribution in [0.1, 0.15) is 43.9 Å². The van der Waals surface area contributed by atoms with Crippen molar-refractivity contribution >= 4 is 5.91 Å². The van der Waals surface area contributed by atoms with Crippen molar-refractivity contribution in [3.05, 3.63) is 77.5 Å². The Hall–Kier alpha value is -2.55. The van der Waals surface area contributed by atoms with Crippen LogP contribution >= 0.6 is 0 Å². The maximum Gasteiger partial charge on any atom is 0.229 e. The zero-order valence-corrected chi connectivity index (χ0v) is 14.2. The van der Waals surface area contributed by atoms with Crippen molar-refractivity contribution in [1.82, 2.24) is 4.90 Å². The third kappa shape index (κ3) is 3.35. The topological polar surface area (TPSA) is 29.5 Å². The van der Waals surface area contributed by atoms with Gasteiger partial charge in [0.25, 0.3) is 0 Å². The van der Waals surface area contributed by atoms with Crippen LogP contribution in [0.4, 0.5) is 0 Å². The number of hydrogen-bond acceptors (Lipinski definition) is 2. The lowest BCUT2D eigenvalue weighted by molar-refractivity contribution is -0.143. The van der Waals surface area contributed by atoms with Crippen LogP contribution in [0, 0.1) is 0 Å². The molecule has 1 aliphatic heterocycles. The van der Waals surface area contributed by atoms with Gasteiger partial charge >= 0.3 is 0 Å². The minimum absolute atomic E-state index is 0.159. The number of amides is 1. The number of ether oxygens (including phenoxy) is 1. The number of benzene rings is 2. The van der Waals surface area contributed by atoms with Gasteiger partial charge in [-0.05, 0) is 36.6 Å². The van der Waals surface area contributed by atoms with E-state index in [2.05, 4.69) is 31.2 Å². The summed E-state index contributed by atoms with van der Waals surface area (Å²) in [5.74, 6) is 1.06. The molecule has 2 aromatic carbocycles. The van der Waals surface area contributed by atoms with Gasteiger partial charge in [-0.1, -0.05) is 55.5 Å². The smallest absolute Gasteiger partial charge is 0.229 e. The van der Waals surface area contributed by atoms with Crippen LogP contribution in [0.5, 0.6) is 5.75 Å². The predicted molar refractivity (Wildman–Crippen MR) is 95.5 cm³/mol.